The van der Waals surface area contributed by atoms with Gasteiger partial charge in [0.05, 0.1) is 12.2 Å². The molecule has 0 spiro atoms. The lowest BCUT2D eigenvalue weighted by atomic mass is 10.3. The molecule has 2 N–H and O–H groups in total. The van der Waals surface area contributed by atoms with Crippen molar-refractivity contribution in [2.75, 3.05) is 33.4 Å². The van der Waals surface area contributed by atoms with Crippen LogP contribution in [0, 0.1) is 0 Å². The molecule has 0 aliphatic rings. The van der Waals surface area contributed by atoms with Crippen molar-refractivity contribution in [1.82, 2.24) is 15.6 Å². The summed E-state index contributed by atoms with van der Waals surface area (Å²) < 4.78 is 4.88. The van der Waals surface area contributed by atoms with Crippen molar-refractivity contribution in [3.8, 4) is 0 Å². The Bertz CT molecular complexity index is 312. The minimum Gasteiger partial charge on any atom is -0.383 e. The average molecular weight is 296 g/mol. The van der Waals surface area contributed by atoms with Crippen LogP contribution in [0.5, 0.6) is 0 Å². The quantitative estimate of drug-likeness (QED) is 0.734. The number of pyridine rings is 1. The number of hydrogen-bond donors (Lipinski definition) is 2. The minimum absolute atomic E-state index is 0. The molecular weight excluding hydrogens is 277 g/mol. The smallest absolute Gasteiger partial charge is 0.252 e. The Hall–Kier alpha value is -0.880. The summed E-state index contributed by atoms with van der Waals surface area (Å²) in [5, 5.41) is 5.93. The first-order chi connectivity index (χ1) is 7.84. The molecule has 104 valence electrons. The normalized spacial score (nSPS) is 8.94. The van der Waals surface area contributed by atoms with Crippen molar-refractivity contribution in [2.24, 2.45) is 0 Å². The molecule has 0 fully saturated rings. The number of halogens is 2. The molecule has 0 radical (unpaired) electrons. The van der Waals surface area contributed by atoms with E-state index in [1.165, 1.54) is 0 Å². The molecule has 1 rings (SSSR count). The summed E-state index contributed by atoms with van der Waals surface area (Å²) in [6, 6.07) is 3.48. The summed E-state index contributed by atoms with van der Waals surface area (Å²) in [4.78, 5) is 15.4. The number of ether oxygens (including phenoxy) is 1. The molecule has 7 heteroatoms. The van der Waals surface area contributed by atoms with Gasteiger partial charge in [-0.05, 0) is 12.1 Å². The molecule has 1 aromatic rings. The maximum Gasteiger partial charge on any atom is 0.252 e. The van der Waals surface area contributed by atoms with E-state index in [1.54, 1.807) is 31.6 Å². The summed E-state index contributed by atoms with van der Waals surface area (Å²) in [5.41, 5.74) is 0.583. The zero-order chi connectivity index (χ0) is 11.6. The van der Waals surface area contributed by atoms with Crippen LogP contribution < -0.4 is 10.6 Å². The van der Waals surface area contributed by atoms with E-state index < -0.39 is 0 Å². The zero-order valence-electron chi connectivity index (χ0n) is 10.2. The number of nitrogens with zero attached hydrogens (tertiary/aromatic N) is 1. The first-order valence-electron chi connectivity index (χ1n) is 5.22. The van der Waals surface area contributed by atoms with Gasteiger partial charge in [0.2, 0.25) is 0 Å². The Kier molecular flexibility index (Phi) is 13.6. The van der Waals surface area contributed by atoms with Gasteiger partial charge in [-0.25, -0.2) is 0 Å². The molecule has 1 aromatic heterocycles. The average Bonchev–Trinajstić information content (AvgIpc) is 2.34. The minimum atomic E-state index is -0.0957. The lowest BCUT2D eigenvalue weighted by molar-refractivity contribution is 0.0953. The van der Waals surface area contributed by atoms with Crippen LogP contribution in [-0.4, -0.2) is 44.2 Å². The Balaban J connectivity index is 0. The van der Waals surface area contributed by atoms with Crippen LogP contribution in [0.3, 0.4) is 0 Å². The third kappa shape index (κ3) is 8.25. The number of rotatable bonds is 7. The van der Waals surface area contributed by atoms with Gasteiger partial charge in [0, 0.05) is 39.1 Å². The Morgan fingerprint density at radius 2 is 2.11 bits per heavy atom. The number of aromatic nitrogens is 1. The van der Waals surface area contributed by atoms with E-state index in [4.69, 9.17) is 4.74 Å². The van der Waals surface area contributed by atoms with E-state index in [1.807, 2.05) is 0 Å². The lowest BCUT2D eigenvalue weighted by Gasteiger charge is -2.06. The highest BCUT2D eigenvalue weighted by Gasteiger charge is 2.02. The number of amides is 1. The summed E-state index contributed by atoms with van der Waals surface area (Å²) in [6.07, 6.45) is 3.19. The third-order valence-corrected chi connectivity index (χ3v) is 1.99. The molecule has 0 aliphatic heterocycles. The fourth-order valence-corrected chi connectivity index (χ4v) is 1.16. The highest BCUT2D eigenvalue weighted by atomic mass is 35.5. The fraction of sp³-hybridized carbons (Fsp3) is 0.455. The molecule has 0 saturated heterocycles. The van der Waals surface area contributed by atoms with E-state index in [9.17, 15) is 4.79 Å². The van der Waals surface area contributed by atoms with Crippen LogP contribution in [-0.2, 0) is 4.74 Å². The molecule has 0 unspecified atom stereocenters. The number of hydrogen-bond acceptors (Lipinski definition) is 4. The predicted molar refractivity (Wildman–Crippen MR) is 75.8 cm³/mol. The van der Waals surface area contributed by atoms with Gasteiger partial charge >= 0.3 is 0 Å². The van der Waals surface area contributed by atoms with Crippen LogP contribution in [0.25, 0.3) is 0 Å². The van der Waals surface area contributed by atoms with Gasteiger partial charge in [-0.1, -0.05) is 0 Å². The monoisotopic (exact) mass is 295 g/mol. The van der Waals surface area contributed by atoms with Crippen LogP contribution in [0.2, 0.25) is 0 Å². The molecule has 0 aromatic carbocycles. The molecule has 0 atom stereocenters. The van der Waals surface area contributed by atoms with Crippen molar-refractivity contribution in [2.45, 2.75) is 0 Å². The Morgan fingerprint density at radius 1 is 1.33 bits per heavy atom. The first kappa shape index (κ1) is 19.5. The second-order valence-electron chi connectivity index (χ2n) is 3.24. The summed E-state index contributed by atoms with van der Waals surface area (Å²) in [6.45, 7) is 2.79. The van der Waals surface area contributed by atoms with Gasteiger partial charge < -0.3 is 15.4 Å². The van der Waals surface area contributed by atoms with Crippen LogP contribution in [0.4, 0.5) is 0 Å². The fourth-order valence-electron chi connectivity index (χ4n) is 1.16. The largest absolute Gasteiger partial charge is 0.383 e. The number of carbonyl (C=O) groups is 1. The third-order valence-electron chi connectivity index (χ3n) is 1.99. The molecule has 0 saturated carbocycles. The number of methoxy groups -OCH3 is 1. The molecule has 0 bridgehead atoms. The molecule has 0 aliphatic carbocycles. The zero-order valence-corrected chi connectivity index (χ0v) is 11.9. The Morgan fingerprint density at radius 3 is 2.72 bits per heavy atom. The van der Waals surface area contributed by atoms with E-state index in [0.29, 0.717) is 18.7 Å². The second kappa shape index (κ2) is 12.6. The summed E-state index contributed by atoms with van der Waals surface area (Å²) in [7, 11) is 1.66. The number of carbonyl (C=O) groups excluding carboxylic acids is 1. The van der Waals surface area contributed by atoms with Crippen molar-refractivity contribution in [3.05, 3.63) is 30.1 Å². The standard InChI is InChI=1S/C11H17N3O2.2ClH/c1-16-8-7-12-5-6-14-11(15)10-3-2-4-13-9-10;;/h2-4,9,12H,5-8H2,1H3,(H,14,15);2*1H. The first-order valence-corrected chi connectivity index (χ1v) is 5.22. The maximum absolute atomic E-state index is 11.5. The summed E-state index contributed by atoms with van der Waals surface area (Å²) >= 11 is 0. The van der Waals surface area contributed by atoms with Gasteiger partial charge in [-0.3, -0.25) is 9.78 Å². The topological polar surface area (TPSA) is 63.2 Å². The van der Waals surface area contributed by atoms with E-state index in [2.05, 4.69) is 15.6 Å². The Labute approximate surface area is 120 Å². The van der Waals surface area contributed by atoms with Crippen molar-refractivity contribution in [3.63, 3.8) is 0 Å². The molecule has 1 amide bonds. The van der Waals surface area contributed by atoms with E-state index in [-0.39, 0.29) is 30.7 Å². The highest BCUT2D eigenvalue weighted by molar-refractivity contribution is 5.93. The van der Waals surface area contributed by atoms with Gasteiger partial charge in [0.1, 0.15) is 0 Å². The molecule has 1 heterocycles. The predicted octanol–water partition coefficient (Wildman–Crippen LogP) is 0.891. The highest BCUT2D eigenvalue weighted by Crippen LogP contribution is 1.93. The molecule has 18 heavy (non-hydrogen) atoms. The lowest BCUT2D eigenvalue weighted by Crippen LogP contribution is -2.33. The van der Waals surface area contributed by atoms with Crippen molar-refractivity contribution >= 4 is 30.7 Å². The van der Waals surface area contributed by atoms with Crippen molar-refractivity contribution in [1.29, 1.82) is 0 Å². The van der Waals surface area contributed by atoms with Gasteiger partial charge in [-0.2, -0.15) is 0 Å². The van der Waals surface area contributed by atoms with Gasteiger partial charge in [0.15, 0.2) is 0 Å². The second-order valence-corrected chi connectivity index (χ2v) is 3.24. The van der Waals surface area contributed by atoms with Crippen LogP contribution in [0.15, 0.2) is 24.5 Å². The van der Waals surface area contributed by atoms with Crippen molar-refractivity contribution < 1.29 is 9.53 Å². The van der Waals surface area contributed by atoms with E-state index >= 15 is 0 Å². The summed E-state index contributed by atoms with van der Waals surface area (Å²) in [5.74, 6) is -0.0957. The van der Waals surface area contributed by atoms with Gasteiger partial charge in [-0.15, -0.1) is 24.8 Å². The molecule has 5 nitrogen and oxygen atoms in total. The van der Waals surface area contributed by atoms with Crippen LogP contribution in [0.1, 0.15) is 10.4 Å². The number of nitrogens with one attached hydrogen (secondary N) is 2. The van der Waals surface area contributed by atoms with E-state index in [0.717, 1.165) is 13.1 Å². The molecular formula is C11H19Cl2N3O2. The van der Waals surface area contributed by atoms with Crippen LogP contribution >= 0.6 is 24.8 Å². The SMILES string of the molecule is COCCNCCNC(=O)c1cccnc1.Cl.Cl. The van der Waals surface area contributed by atoms with Gasteiger partial charge in [0.25, 0.3) is 5.91 Å². The maximum atomic E-state index is 11.5.